The van der Waals surface area contributed by atoms with E-state index in [0.717, 1.165) is 28.2 Å². The first-order chi connectivity index (χ1) is 19.9. The van der Waals surface area contributed by atoms with Gasteiger partial charge in [0.25, 0.3) is 0 Å². The van der Waals surface area contributed by atoms with Crippen LogP contribution in [0.15, 0.2) is 53.0 Å². The van der Waals surface area contributed by atoms with Gasteiger partial charge in [-0.15, -0.1) is 0 Å². The first-order valence-electron chi connectivity index (χ1n) is 14.9. The highest BCUT2D eigenvalue weighted by Crippen LogP contribution is 2.30. The normalized spacial score (nSPS) is 17.8. The molecule has 1 aliphatic carbocycles. The van der Waals surface area contributed by atoms with Crippen LogP contribution in [0.4, 0.5) is 0 Å². The van der Waals surface area contributed by atoms with Crippen LogP contribution < -0.4 is 10.5 Å². The van der Waals surface area contributed by atoms with Crippen LogP contribution in [0, 0.1) is 12.8 Å². The molecule has 8 nitrogen and oxygen atoms in total. The average Bonchev–Trinajstić information content (AvgIpc) is 3.56. The molecule has 3 N–H and O–H groups in total. The van der Waals surface area contributed by atoms with Crippen LogP contribution >= 0.6 is 0 Å². The van der Waals surface area contributed by atoms with E-state index in [-0.39, 0.29) is 24.4 Å². The number of nitrogens with two attached hydrogens (primary N) is 1. The maximum atomic E-state index is 12.7. The number of hydrogen-bond donors (Lipinski definition) is 2. The fourth-order valence-electron chi connectivity index (χ4n) is 5.09. The van der Waals surface area contributed by atoms with Crippen LogP contribution in [0.1, 0.15) is 88.8 Å². The number of amides is 1. The summed E-state index contributed by atoms with van der Waals surface area (Å²) in [5.41, 5.74) is 9.16. The molecule has 1 amide bonds. The number of fused-ring (bicyclic) bond motifs is 1. The Balaban J connectivity index is 0.000000892. The Kier molecular flexibility index (Phi) is 11.7. The molecule has 1 aliphatic heterocycles. The third-order valence-electron chi connectivity index (χ3n) is 7.14. The second kappa shape index (κ2) is 15.0. The van der Waals surface area contributed by atoms with Crippen molar-refractivity contribution in [3.8, 4) is 5.75 Å². The fraction of sp³-hybridized carbons (Fsp3) is 0.500. The Morgan fingerprint density at radius 1 is 1.19 bits per heavy atom. The number of aromatic nitrogens is 1. The lowest BCUT2D eigenvalue weighted by atomic mass is 9.93. The van der Waals surface area contributed by atoms with Crippen molar-refractivity contribution in [1.82, 2.24) is 9.88 Å². The molecule has 4 rings (SSSR count). The first-order valence-corrected chi connectivity index (χ1v) is 14.9. The number of carboxylic acid groups (broad SMARTS) is 1. The quantitative estimate of drug-likeness (QED) is 0.261. The number of nitrogens with zero attached hydrogens (tertiary/aromatic N) is 2. The predicted molar refractivity (Wildman–Crippen MR) is 166 cm³/mol. The van der Waals surface area contributed by atoms with Crippen molar-refractivity contribution in [2.45, 2.75) is 98.2 Å². The zero-order chi connectivity index (χ0) is 30.9. The molecular formula is C34H47N3O5. The van der Waals surface area contributed by atoms with Crippen LogP contribution in [0.2, 0.25) is 0 Å². The number of rotatable bonds is 9. The molecule has 2 heterocycles. The number of aliphatic carboxylic acids is 1. The number of ether oxygens (including phenoxy) is 1. The Morgan fingerprint density at radius 2 is 1.88 bits per heavy atom. The van der Waals surface area contributed by atoms with Crippen molar-refractivity contribution in [3.63, 3.8) is 0 Å². The van der Waals surface area contributed by atoms with Gasteiger partial charge in [-0.1, -0.05) is 43.2 Å². The van der Waals surface area contributed by atoms with Gasteiger partial charge in [0.2, 0.25) is 11.8 Å². The molecule has 8 heteroatoms. The minimum Gasteiger partial charge on any atom is -0.493 e. The Morgan fingerprint density at radius 3 is 2.52 bits per heavy atom. The molecule has 2 aromatic rings. The lowest BCUT2D eigenvalue weighted by Crippen LogP contribution is -2.48. The lowest BCUT2D eigenvalue weighted by molar-refractivity contribution is -0.149. The van der Waals surface area contributed by atoms with E-state index >= 15 is 0 Å². The molecule has 1 saturated carbocycles. The molecule has 0 spiro atoms. The average molecular weight is 578 g/mol. The van der Waals surface area contributed by atoms with Crippen molar-refractivity contribution in [2.75, 3.05) is 6.61 Å². The SMILES string of the molecule is C/C=C/C=C/C(=O)N1Cc2cc(OCCc3nc(/C(C)=C\C4CCCC4)oc3C)ccc2C[C@H]1C(=O)O.CC(C)(C)N. The summed E-state index contributed by atoms with van der Waals surface area (Å²) in [5, 5.41) is 9.69. The number of aryl methyl sites for hydroxylation is 1. The van der Waals surface area contributed by atoms with Crippen LogP contribution in [0.3, 0.4) is 0 Å². The van der Waals surface area contributed by atoms with Crippen molar-refractivity contribution in [2.24, 2.45) is 11.7 Å². The predicted octanol–water partition coefficient (Wildman–Crippen LogP) is 6.41. The lowest BCUT2D eigenvalue weighted by Gasteiger charge is -2.34. The maximum Gasteiger partial charge on any atom is 0.326 e. The van der Waals surface area contributed by atoms with Gasteiger partial charge in [-0.2, -0.15) is 0 Å². The molecular weight excluding hydrogens is 530 g/mol. The van der Waals surface area contributed by atoms with Gasteiger partial charge in [0.1, 0.15) is 17.6 Å². The highest BCUT2D eigenvalue weighted by molar-refractivity contribution is 5.92. The van der Waals surface area contributed by atoms with Gasteiger partial charge in [0, 0.05) is 36.6 Å². The van der Waals surface area contributed by atoms with Crippen molar-refractivity contribution in [1.29, 1.82) is 0 Å². The first kappa shape index (κ1) is 32.9. The van der Waals surface area contributed by atoms with Crippen molar-refractivity contribution >= 4 is 17.4 Å². The van der Waals surface area contributed by atoms with Gasteiger partial charge in [0.05, 0.1) is 12.3 Å². The zero-order valence-electron chi connectivity index (χ0n) is 26.0. The van der Waals surface area contributed by atoms with E-state index < -0.39 is 12.0 Å². The van der Waals surface area contributed by atoms with Gasteiger partial charge >= 0.3 is 5.97 Å². The number of carboxylic acids is 1. The van der Waals surface area contributed by atoms with E-state index in [2.05, 4.69) is 13.0 Å². The summed E-state index contributed by atoms with van der Waals surface area (Å²) in [6.45, 7) is 12.4. The van der Waals surface area contributed by atoms with E-state index in [9.17, 15) is 14.7 Å². The van der Waals surface area contributed by atoms with E-state index in [0.29, 0.717) is 30.6 Å². The van der Waals surface area contributed by atoms with E-state index in [1.54, 1.807) is 12.2 Å². The third kappa shape index (κ3) is 10.0. The minimum atomic E-state index is -1.01. The van der Waals surface area contributed by atoms with E-state index in [4.69, 9.17) is 19.9 Å². The summed E-state index contributed by atoms with van der Waals surface area (Å²) in [7, 11) is 0. The number of benzene rings is 1. The van der Waals surface area contributed by atoms with E-state index in [1.807, 2.05) is 58.9 Å². The second-order valence-corrected chi connectivity index (χ2v) is 12.2. The maximum absolute atomic E-state index is 12.7. The Hall–Kier alpha value is -3.65. The minimum absolute atomic E-state index is 0. The topological polar surface area (TPSA) is 119 Å². The molecule has 42 heavy (non-hydrogen) atoms. The monoisotopic (exact) mass is 577 g/mol. The molecule has 0 saturated heterocycles. The fourth-order valence-corrected chi connectivity index (χ4v) is 5.09. The molecule has 1 fully saturated rings. The van der Waals surface area contributed by atoms with Crippen molar-refractivity contribution < 1.29 is 23.8 Å². The summed E-state index contributed by atoms with van der Waals surface area (Å²) in [5.74, 6) is 1.48. The molecule has 1 atom stereocenters. The van der Waals surface area contributed by atoms with Crippen molar-refractivity contribution in [3.05, 3.63) is 77.1 Å². The number of allylic oxidation sites excluding steroid dienone is 5. The van der Waals surface area contributed by atoms with Crippen LogP contribution in [0.25, 0.3) is 5.57 Å². The molecule has 228 valence electrons. The molecule has 1 aromatic carbocycles. The molecule has 1 aromatic heterocycles. The second-order valence-electron chi connectivity index (χ2n) is 12.2. The Bertz CT molecular complexity index is 1300. The zero-order valence-corrected chi connectivity index (χ0v) is 26.0. The standard InChI is InChI=1S/C30H36N2O5.C4H11N/c1-4-5-6-11-28(33)32-19-24-17-25(13-12-23(24)18-27(32)30(34)35)36-15-14-26-21(3)37-29(31-26)20(2)16-22-9-7-8-10-22;1-4(2,3)5/h4-6,11-13,16-17,22,27H,7-10,14-15,18-19H2,1-3H3,(H,34,35);5H2,1-3H3/b5-4+,11-6+,20-16-;/t27-;/m0./s1. The molecule has 0 unspecified atom stereocenters. The summed E-state index contributed by atoms with van der Waals surface area (Å²) < 4.78 is 12.0. The largest absolute Gasteiger partial charge is 0.493 e. The molecule has 0 radical (unpaired) electrons. The highest BCUT2D eigenvalue weighted by atomic mass is 16.5. The Labute approximate surface area is 250 Å². The van der Waals surface area contributed by atoms with Crippen LogP contribution in [-0.4, -0.2) is 45.1 Å². The highest BCUT2D eigenvalue weighted by Gasteiger charge is 2.33. The summed E-state index contributed by atoms with van der Waals surface area (Å²) in [4.78, 5) is 30.6. The molecule has 0 bridgehead atoms. The van der Waals surface area contributed by atoms with Gasteiger partial charge in [-0.05, 0) is 83.6 Å². The van der Waals surface area contributed by atoms with Gasteiger partial charge in [-0.3, -0.25) is 4.79 Å². The third-order valence-corrected chi connectivity index (χ3v) is 7.14. The van der Waals surface area contributed by atoms with Gasteiger partial charge in [-0.25, -0.2) is 9.78 Å². The van der Waals surface area contributed by atoms with Gasteiger partial charge in [0.15, 0.2) is 0 Å². The summed E-state index contributed by atoms with van der Waals surface area (Å²) in [6, 6.07) is 4.77. The number of carbonyl (C=O) groups excluding carboxylic acids is 1. The van der Waals surface area contributed by atoms with Gasteiger partial charge < -0.3 is 24.9 Å². The smallest absolute Gasteiger partial charge is 0.326 e. The number of carbonyl (C=O) groups is 2. The van der Waals surface area contributed by atoms with Crippen LogP contribution in [0.5, 0.6) is 5.75 Å². The number of hydrogen-bond acceptors (Lipinski definition) is 6. The van der Waals surface area contributed by atoms with E-state index in [1.165, 1.54) is 36.7 Å². The summed E-state index contributed by atoms with van der Waals surface area (Å²) in [6.07, 6.45) is 14.8. The molecule has 2 aliphatic rings. The summed E-state index contributed by atoms with van der Waals surface area (Å²) >= 11 is 0. The number of oxazole rings is 1. The van der Waals surface area contributed by atoms with Crippen LogP contribution in [-0.2, 0) is 29.0 Å².